The Morgan fingerprint density at radius 1 is 1.00 bits per heavy atom. The molecule has 0 atom stereocenters. The van der Waals surface area contributed by atoms with Crippen LogP contribution in [0.25, 0.3) is 0 Å². The molecular weight excluding hydrogens is 443 g/mol. The maximum Gasteiger partial charge on any atom is 0.134 e. The number of ether oxygens (including phenoxy) is 1. The van der Waals surface area contributed by atoms with Crippen molar-refractivity contribution >= 4 is 47.8 Å². The molecule has 0 bridgehead atoms. The van der Waals surface area contributed by atoms with E-state index in [1.165, 1.54) is 17.7 Å². The normalized spacial score (nSPS) is 10.5. The van der Waals surface area contributed by atoms with E-state index >= 15 is 0 Å². The van der Waals surface area contributed by atoms with E-state index in [-0.39, 0.29) is 5.82 Å². The zero-order chi connectivity index (χ0) is 13.8. The molecule has 0 aliphatic heterocycles. The zero-order valence-electron chi connectivity index (χ0n) is 9.80. The van der Waals surface area contributed by atoms with Crippen LogP contribution in [0, 0.1) is 5.82 Å². The SMILES string of the molecule is Fc1ccc(COc2ccc(CBr)cc2Br)c(Br)c1. The highest BCUT2D eigenvalue weighted by Gasteiger charge is 2.06. The van der Waals surface area contributed by atoms with Crippen molar-refractivity contribution in [3.63, 3.8) is 0 Å². The number of hydrogen-bond acceptors (Lipinski definition) is 1. The van der Waals surface area contributed by atoms with E-state index < -0.39 is 0 Å². The van der Waals surface area contributed by atoms with Crippen LogP contribution >= 0.6 is 47.8 Å². The Balaban J connectivity index is 2.10. The molecule has 0 N–H and O–H groups in total. The molecule has 5 heteroatoms. The largest absolute Gasteiger partial charge is 0.488 e. The molecule has 0 spiro atoms. The minimum atomic E-state index is -0.265. The van der Waals surface area contributed by atoms with Gasteiger partial charge in [-0.15, -0.1) is 0 Å². The zero-order valence-corrected chi connectivity index (χ0v) is 14.6. The van der Waals surface area contributed by atoms with Gasteiger partial charge in [0.05, 0.1) is 4.47 Å². The van der Waals surface area contributed by atoms with Crippen LogP contribution in [-0.4, -0.2) is 0 Å². The molecule has 2 rings (SSSR count). The molecule has 0 fully saturated rings. The molecule has 0 radical (unpaired) electrons. The molecule has 0 aromatic heterocycles. The van der Waals surface area contributed by atoms with Gasteiger partial charge in [0, 0.05) is 15.4 Å². The topological polar surface area (TPSA) is 9.23 Å². The Morgan fingerprint density at radius 2 is 1.79 bits per heavy atom. The fraction of sp³-hybridized carbons (Fsp3) is 0.143. The lowest BCUT2D eigenvalue weighted by Gasteiger charge is -2.10. The average Bonchev–Trinajstić information content (AvgIpc) is 2.39. The maximum atomic E-state index is 13.0. The lowest BCUT2D eigenvalue weighted by atomic mass is 10.2. The van der Waals surface area contributed by atoms with Gasteiger partial charge < -0.3 is 4.74 Å². The minimum Gasteiger partial charge on any atom is -0.488 e. The van der Waals surface area contributed by atoms with Crippen LogP contribution < -0.4 is 4.74 Å². The molecule has 19 heavy (non-hydrogen) atoms. The summed E-state index contributed by atoms with van der Waals surface area (Å²) in [5.74, 6) is 0.499. The van der Waals surface area contributed by atoms with Gasteiger partial charge in [-0.2, -0.15) is 0 Å². The van der Waals surface area contributed by atoms with Gasteiger partial charge in [0.2, 0.25) is 0 Å². The quantitative estimate of drug-likeness (QED) is 0.531. The van der Waals surface area contributed by atoms with E-state index in [4.69, 9.17) is 4.74 Å². The molecule has 0 amide bonds. The second-order valence-electron chi connectivity index (χ2n) is 3.92. The van der Waals surface area contributed by atoms with Crippen LogP contribution in [0.2, 0.25) is 0 Å². The van der Waals surface area contributed by atoms with Crippen molar-refractivity contribution in [3.05, 3.63) is 62.3 Å². The van der Waals surface area contributed by atoms with Gasteiger partial charge in [-0.25, -0.2) is 4.39 Å². The fourth-order valence-corrected chi connectivity index (χ4v) is 2.89. The summed E-state index contributed by atoms with van der Waals surface area (Å²) in [6.07, 6.45) is 0. The third-order valence-electron chi connectivity index (χ3n) is 2.55. The third kappa shape index (κ3) is 4.04. The van der Waals surface area contributed by atoms with Crippen molar-refractivity contribution in [3.8, 4) is 5.75 Å². The first-order chi connectivity index (χ1) is 9.10. The minimum absolute atomic E-state index is 0.265. The third-order valence-corrected chi connectivity index (χ3v) is 4.55. The first kappa shape index (κ1) is 15.0. The van der Waals surface area contributed by atoms with Gasteiger partial charge >= 0.3 is 0 Å². The molecule has 2 aromatic carbocycles. The van der Waals surface area contributed by atoms with Crippen molar-refractivity contribution in [2.75, 3.05) is 0 Å². The van der Waals surface area contributed by atoms with Crippen LogP contribution in [0.1, 0.15) is 11.1 Å². The van der Waals surface area contributed by atoms with Gasteiger partial charge in [-0.1, -0.05) is 44.0 Å². The first-order valence-corrected chi connectivity index (χ1v) is 8.22. The van der Waals surface area contributed by atoms with Crippen molar-refractivity contribution < 1.29 is 9.13 Å². The number of halogens is 4. The average molecular weight is 453 g/mol. The van der Waals surface area contributed by atoms with Gasteiger partial charge in [-0.3, -0.25) is 0 Å². The summed E-state index contributed by atoms with van der Waals surface area (Å²) in [7, 11) is 0. The van der Waals surface area contributed by atoms with Crippen LogP contribution in [0.15, 0.2) is 45.3 Å². The van der Waals surface area contributed by atoms with E-state index in [1.54, 1.807) is 6.07 Å². The number of hydrogen-bond donors (Lipinski definition) is 0. The molecule has 0 saturated carbocycles. The lowest BCUT2D eigenvalue weighted by Crippen LogP contribution is -1.98. The Labute approximate surface area is 136 Å². The molecule has 0 unspecified atom stereocenters. The van der Waals surface area contributed by atoms with Crippen molar-refractivity contribution in [2.45, 2.75) is 11.9 Å². The molecule has 100 valence electrons. The van der Waals surface area contributed by atoms with E-state index in [0.717, 1.165) is 21.1 Å². The van der Waals surface area contributed by atoms with Crippen LogP contribution in [0.4, 0.5) is 4.39 Å². The highest BCUT2D eigenvalue weighted by molar-refractivity contribution is 9.11. The van der Waals surface area contributed by atoms with Crippen LogP contribution in [0.5, 0.6) is 5.75 Å². The Bertz CT molecular complexity index is 587. The summed E-state index contributed by atoms with van der Waals surface area (Å²) in [5.41, 5.74) is 2.07. The Hall–Kier alpha value is -0.390. The van der Waals surface area contributed by atoms with Crippen LogP contribution in [0.3, 0.4) is 0 Å². The molecular formula is C14H10Br3FO. The second-order valence-corrected chi connectivity index (χ2v) is 6.19. The predicted octanol–water partition coefficient (Wildman–Crippen LogP) is 5.82. The smallest absolute Gasteiger partial charge is 0.134 e. The van der Waals surface area contributed by atoms with Gasteiger partial charge in [-0.05, 0) is 45.8 Å². The molecule has 1 nitrogen and oxygen atoms in total. The molecule has 0 aliphatic rings. The van der Waals surface area contributed by atoms with E-state index in [1.807, 2.05) is 18.2 Å². The summed E-state index contributed by atoms with van der Waals surface area (Å²) in [4.78, 5) is 0. The number of rotatable bonds is 4. The standard InChI is InChI=1S/C14H10Br3FO/c15-7-9-1-4-14(13(17)5-9)19-8-10-2-3-11(18)6-12(10)16/h1-6H,7-8H2. The molecule has 0 saturated heterocycles. The molecule has 2 aromatic rings. The summed E-state index contributed by atoms with van der Waals surface area (Å²) < 4.78 is 20.3. The van der Waals surface area contributed by atoms with Gasteiger partial charge in [0.15, 0.2) is 0 Å². The second kappa shape index (κ2) is 6.86. The van der Waals surface area contributed by atoms with Crippen LogP contribution in [-0.2, 0) is 11.9 Å². The summed E-state index contributed by atoms with van der Waals surface area (Å²) in [6.45, 7) is 0.382. The Morgan fingerprint density at radius 3 is 2.42 bits per heavy atom. The Kier molecular flexibility index (Phi) is 5.42. The summed E-state index contributed by atoms with van der Waals surface area (Å²) in [5, 5.41) is 0.801. The van der Waals surface area contributed by atoms with E-state index in [9.17, 15) is 4.39 Å². The van der Waals surface area contributed by atoms with Crippen molar-refractivity contribution in [1.29, 1.82) is 0 Å². The van der Waals surface area contributed by atoms with Gasteiger partial charge in [0.1, 0.15) is 18.2 Å². The van der Waals surface area contributed by atoms with Crippen molar-refractivity contribution in [2.24, 2.45) is 0 Å². The summed E-state index contributed by atoms with van der Waals surface area (Å²) in [6, 6.07) is 10.5. The lowest BCUT2D eigenvalue weighted by molar-refractivity contribution is 0.303. The monoisotopic (exact) mass is 450 g/mol. The molecule has 0 aliphatic carbocycles. The highest BCUT2D eigenvalue weighted by atomic mass is 79.9. The fourth-order valence-electron chi connectivity index (χ4n) is 1.54. The maximum absolute atomic E-state index is 13.0. The van der Waals surface area contributed by atoms with E-state index in [2.05, 4.69) is 47.8 Å². The summed E-state index contributed by atoms with van der Waals surface area (Å²) >= 11 is 10.2. The van der Waals surface area contributed by atoms with Gasteiger partial charge in [0.25, 0.3) is 0 Å². The molecule has 0 heterocycles. The van der Waals surface area contributed by atoms with E-state index in [0.29, 0.717) is 11.1 Å². The predicted molar refractivity (Wildman–Crippen MR) is 85.2 cm³/mol. The highest BCUT2D eigenvalue weighted by Crippen LogP contribution is 2.28. The first-order valence-electron chi connectivity index (χ1n) is 5.51. The van der Waals surface area contributed by atoms with Crippen molar-refractivity contribution in [1.82, 2.24) is 0 Å². The number of benzene rings is 2. The number of alkyl halides is 1.